The number of unbranched alkanes of at least 4 members (excludes halogenated alkanes) is 6. The van der Waals surface area contributed by atoms with Gasteiger partial charge in [-0.05, 0) is 30.0 Å². The van der Waals surface area contributed by atoms with Crippen molar-refractivity contribution in [2.75, 3.05) is 0 Å². The van der Waals surface area contributed by atoms with Crippen LogP contribution in [-0.2, 0) is 6.42 Å². The van der Waals surface area contributed by atoms with Gasteiger partial charge in [0, 0.05) is 11.5 Å². The molecule has 0 saturated heterocycles. The minimum atomic E-state index is 0.222. The standard InChI is InChI=1S/C23H32O/c1-3-4-5-6-7-8-10-13-20-16-17-23(24)22(18-20)19(2)21-14-11-9-12-15-21/h9,11-12,14-19,24H,3-8,10,13H2,1-2H3. The lowest BCUT2D eigenvalue weighted by Gasteiger charge is -2.15. The summed E-state index contributed by atoms with van der Waals surface area (Å²) in [5.74, 6) is 0.634. The summed E-state index contributed by atoms with van der Waals surface area (Å²) in [4.78, 5) is 0. The van der Waals surface area contributed by atoms with Crippen molar-refractivity contribution in [3.05, 3.63) is 65.2 Å². The molecule has 24 heavy (non-hydrogen) atoms. The number of aromatic hydroxyl groups is 1. The molecule has 1 atom stereocenters. The second-order valence-electron chi connectivity index (χ2n) is 6.90. The van der Waals surface area contributed by atoms with Gasteiger partial charge in [0.15, 0.2) is 0 Å². The molecule has 0 aliphatic rings. The zero-order valence-electron chi connectivity index (χ0n) is 15.3. The molecule has 1 unspecified atom stereocenters. The van der Waals surface area contributed by atoms with Gasteiger partial charge in [-0.1, -0.05) is 94.8 Å². The summed E-state index contributed by atoms with van der Waals surface area (Å²) < 4.78 is 0. The van der Waals surface area contributed by atoms with Gasteiger partial charge in [0.1, 0.15) is 5.75 Å². The molecule has 1 heteroatoms. The Morgan fingerprint density at radius 2 is 1.50 bits per heavy atom. The molecular formula is C23H32O. The molecule has 0 radical (unpaired) electrons. The van der Waals surface area contributed by atoms with Crippen LogP contribution in [0.3, 0.4) is 0 Å². The third-order valence-electron chi connectivity index (χ3n) is 4.93. The molecule has 130 valence electrons. The van der Waals surface area contributed by atoms with Crippen LogP contribution in [0.5, 0.6) is 5.75 Å². The van der Waals surface area contributed by atoms with E-state index >= 15 is 0 Å². The topological polar surface area (TPSA) is 20.2 Å². The maximum absolute atomic E-state index is 10.3. The largest absolute Gasteiger partial charge is 0.508 e. The average molecular weight is 325 g/mol. The predicted octanol–water partition coefficient (Wildman–Crippen LogP) is 6.84. The second-order valence-corrected chi connectivity index (χ2v) is 6.90. The highest BCUT2D eigenvalue weighted by Gasteiger charge is 2.13. The molecule has 0 saturated carbocycles. The van der Waals surface area contributed by atoms with E-state index in [0.29, 0.717) is 5.75 Å². The zero-order valence-corrected chi connectivity index (χ0v) is 15.3. The molecule has 0 heterocycles. The fraction of sp³-hybridized carbons (Fsp3) is 0.478. The minimum Gasteiger partial charge on any atom is -0.508 e. The Labute approximate surface area is 147 Å². The molecule has 0 aromatic heterocycles. The molecule has 1 nitrogen and oxygen atoms in total. The van der Waals surface area contributed by atoms with Crippen molar-refractivity contribution in [2.45, 2.75) is 71.1 Å². The van der Waals surface area contributed by atoms with Crippen LogP contribution in [-0.4, -0.2) is 5.11 Å². The van der Waals surface area contributed by atoms with Gasteiger partial charge >= 0.3 is 0 Å². The Balaban J connectivity index is 1.89. The molecule has 0 aliphatic heterocycles. The SMILES string of the molecule is CCCCCCCCCc1ccc(O)c(C(C)c2ccccc2)c1. The summed E-state index contributed by atoms with van der Waals surface area (Å²) in [5, 5.41) is 10.3. The Morgan fingerprint density at radius 3 is 2.21 bits per heavy atom. The number of hydrogen-bond acceptors (Lipinski definition) is 1. The van der Waals surface area contributed by atoms with Crippen molar-refractivity contribution < 1.29 is 5.11 Å². The molecule has 1 N–H and O–H groups in total. The zero-order chi connectivity index (χ0) is 17.2. The Hall–Kier alpha value is -1.76. The Morgan fingerprint density at radius 1 is 0.833 bits per heavy atom. The van der Waals surface area contributed by atoms with E-state index in [1.807, 2.05) is 12.1 Å². The fourth-order valence-corrected chi connectivity index (χ4v) is 3.31. The predicted molar refractivity (Wildman–Crippen MR) is 104 cm³/mol. The Bertz CT molecular complexity index is 588. The highest BCUT2D eigenvalue weighted by Crippen LogP contribution is 2.32. The van der Waals surface area contributed by atoms with Crippen molar-refractivity contribution in [1.29, 1.82) is 0 Å². The van der Waals surface area contributed by atoms with Gasteiger partial charge in [-0.15, -0.1) is 0 Å². The van der Waals surface area contributed by atoms with E-state index in [1.54, 1.807) is 0 Å². The van der Waals surface area contributed by atoms with Crippen LogP contribution in [0, 0.1) is 0 Å². The number of aryl methyl sites for hydroxylation is 1. The van der Waals surface area contributed by atoms with Gasteiger partial charge < -0.3 is 5.11 Å². The number of rotatable bonds is 10. The van der Waals surface area contributed by atoms with E-state index in [2.05, 4.69) is 50.2 Å². The van der Waals surface area contributed by atoms with E-state index in [0.717, 1.165) is 12.0 Å². The van der Waals surface area contributed by atoms with Crippen LogP contribution in [0.15, 0.2) is 48.5 Å². The minimum absolute atomic E-state index is 0.222. The van der Waals surface area contributed by atoms with E-state index in [9.17, 15) is 5.11 Å². The monoisotopic (exact) mass is 324 g/mol. The lowest BCUT2D eigenvalue weighted by atomic mass is 9.90. The van der Waals surface area contributed by atoms with Crippen LogP contribution in [0.4, 0.5) is 0 Å². The van der Waals surface area contributed by atoms with Crippen molar-refractivity contribution >= 4 is 0 Å². The third kappa shape index (κ3) is 5.70. The first-order valence-electron chi connectivity index (χ1n) is 9.59. The molecule has 0 bridgehead atoms. The summed E-state index contributed by atoms with van der Waals surface area (Å²) in [6, 6.07) is 16.6. The lowest BCUT2D eigenvalue weighted by molar-refractivity contribution is 0.465. The number of benzene rings is 2. The van der Waals surface area contributed by atoms with Crippen LogP contribution < -0.4 is 0 Å². The molecule has 2 rings (SSSR count). The molecule has 0 fully saturated rings. The molecule has 0 spiro atoms. The molecular weight excluding hydrogens is 292 g/mol. The first kappa shape index (κ1) is 18.6. The number of phenolic OH excluding ortho intramolecular Hbond substituents is 1. The summed E-state index contributed by atoms with van der Waals surface area (Å²) in [6.45, 7) is 4.43. The normalized spacial score (nSPS) is 12.2. The smallest absolute Gasteiger partial charge is 0.119 e. The van der Waals surface area contributed by atoms with Crippen molar-refractivity contribution in [3.63, 3.8) is 0 Å². The van der Waals surface area contributed by atoms with Gasteiger partial charge in [-0.3, -0.25) is 0 Å². The van der Waals surface area contributed by atoms with E-state index < -0.39 is 0 Å². The van der Waals surface area contributed by atoms with E-state index in [-0.39, 0.29) is 5.92 Å². The quantitative estimate of drug-likeness (QED) is 0.474. The lowest BCUT2D eigenvalue weighted by Crippen LogP contribution is -1.98. The van der Waals surface area contributed by atoms with Crippen molar-refractivity contribution in [2.24, 2.45) is 0 Å². The molecule has 0 amide bonds. The highest BCUT2D eigenvalue weighted by molar-refractivity contribution is 5.43. The molecule has 0 aliphatic carbocycles. The summed E-state index contributed by atoms with van der Waals surface area (Å²) in [6.07, 6.45) is 10.5. The summed E-state index contributed by atoms with van der Waals surface area (Å²) in [7, 11) is 0. The van der Waals surface area contributed by atoms with Crippen LogP contribution in [0.25, 0.3) is 0 Å². The third-order valence-corrected chi connectivity index (χ3v) is 4.93. The van der Waals surface area contributed by atoms with E-state index in [4.69, 9.17) is 0 Å². The van der Waals surface area contributed by atoms with Gasteiger partial charge in [-0.25, -0.2) is 0 Å². The van der Waals surface area contributed by atoms with Gasteiger partial charge in [0.05, 0.1) is 0 Å². The maximum Gasteiger partial charge on any atom is 0.119 e. The molecule has 2 aromatic carbocycles. The summed E-state index contributed by atoms with van der Waals surface area (Å²) >= 11 is 0. The molecule has 2 aromatic rings. The fourth-order valence-electron chi connectivity index (χ4n) is 3.31. The van der Waals surface area contributed by atoms with Crippen LogP contribution in [0.2, 0.25) is 0 Å². The van der Waals surface area contributed by atoms with Crippen LogP contribution in [0.1, 0.15) is 81.4 Å². The second kappa shape index (κ2) is 10.2. The summed E-state index contributed by atoms with van der Waals surface area (Å²) in [5.41, 5.74) is 3.64. The first-order valence-corrected chi connectivity index (χ1v) is 9.59. The van der Waals surface area contributed by atoms with Gasteiger partial charge in [0.2, 0.25) is 0 Å². The van der Waals surface area contributed by atoms with Crippen molar-refractivity contribution in [1.82, 2.24) is 0 Å². The van der Waals surface area contributed by atoms with Gasteiger partial charge in [0.25, 0.3) is 0 Å². The highest BCUT2D eigenvalue weighted by atomic mass is 16.3. The average Bonchev–Trinajstić information content (AvgIpc) is 2.62. The van der Waals surface area contributed by atoms with Gasteiger partial charge in [-0.2, -0.15) is 0 Å². The number of hydrogen-bond donors (Lipinski definition) is 1. The van der Waals surface area contributed by atoms with E-state index in [1.165, 1.54) is 56.1 Å². The van der Waals surface area contributed by atoms with Crippen LogP contribution >= 0.6 is 0 Å². The first-order chi connectivity index (χ1) is 11.7. The number of phenols is 1. The Kier molecular flexibility index (Phi) is 7.88. The maximum atomic E-state index is 10.3. The van der Waals surface area contributed by atoms with Crippen molar-refractivity contribution in [3.8, 4) is 5.75 Å².